The molecule has 3 rings (SSSR count). The van der Waals surface area contributed by atoms with Crippen LogP contribution in [0.2, 0.25) is 5.02 Å². The van der Waals surface area contributed by atoms with Crippen molar-refractivity contribution in [1.29, 1.82) is 0 Å². The summed E-state index contributed by atoms with van der Waals surface area (Å²) in [5, 5.41) is 1.97. The lowest BCUT2D eigenvalue weighted by Gasteiger charge is -2.11. The standard InChI is InChI=1S/C21H18ClF3N2O4S/c1-12-5-3-4-6-15(12)20-27-18(13(2)31-20)10-32(29,30)11-19(28)26-17-9-14(21(23,24)25)7-8-16(17)22/h3-9H,10-11H2,1-2H3,(H,26,28). The van der Waals surface area contributed by atoms with Crippen molar-refractivity contribution in [2.75, 3.05) is 11.1 Å². The molecule has 0 spiro atoms. The number of oxazole rings is 1. The van der Waals surface area contributed by atoms with Crippen molar-refractivity contribution in [3.63, 3.8) is 0 Å². The van der Waals surface area contributed by atoms with Crippen LogP contribution in [-0.4, -0.2) is 25.1 Å². The Balaban J connectivity index is 1.74. The Hall–Kier alpha value is -2.85. The van der Waals surface area contributed by atoms with E-state index in [1.165, 1.54) is 0 Å². The summed E-state index contributed by atoms with van der Waals surface area (Å²) < 4.78 is 69.2. The Bertz CT molecular complexity index is 1270. The highest BCUT2D eigenvalue weighted by Gasteiger charge is 2.31. The molecule has 0 fully saturated rings. The predicted molar refractivity (Wildman–Crippen MR) is 114 cm³/mol. The summed E-state index contributed by atoms with van der Waals surface area (Å²) in [7, 11) is -4.01. The topological polar surface area (TPSA) is 89.3 Å². The molecule has 3 aromatic rings. The van der Waals surface area contributed by atoms with Crippen LogP contribution < -0.4 is 5.32 Å². The molecule has 1 amide bonds. The molecule has 11 heteroatoms. The number of hydrogen-bond donors (Lipinski definition) is 1. The van der Waals surface area contributed by atoms with E-state index in [1.807, 2.05) is 19.1 Å². The van der Waals surface area contributed by atoms with Crippen molar-refractivity contribution in [1.82, 2.24) is 4.98 Å². The summed E-state index contributed by atoms with van der Waals surface area (Å²) in [6.07, 6.45) is -4.64. The van der Waals surface area contributed by atoms with Crippen molar-refractivity contribution in [3.05, 3.63) is 70.1 Å². The number of nitrogens with one attached hydrogen (secondary N) is 1. The quantitative estimate of drug-likeness (QED) is 0.518. The molecule has 0 aliphatic heterocycles. The lowest BCUT2D eigenvalue weighted by molar-refractivity contribution is -0.137. The highest BCUT2D eigenvalue weighted by molar-refractivity contribution is 7.91. The lowest BCUT2D eigenvalue weighted by atomic mass is 10.1. The molecule has 170 valence electrons. The first kappa shape index (κ1) is 23.8. The van der Waals surface area contributed by atoms with Gasteiger partial charge in [0.2, 0.25) is 11.8 Å². The number of aromatic nitrogens is 1. The maximum Gasteiger partial charge on any atom is 0.416 e. The average molecular weight is 487 g/mol. The molecule has 0 unspecified atom stereocenters. The van der Waals surface area contributed by atoms with E-state index in [-0.39, 0.29) is 28.1 Å². The fraction of sp³-hybridized carbons (Fsp3) is 0.238. The van der Waals surface area contributed by atoms with Crippen LogP contribution in [0.5, 0.6) is 0 Å². The number of halogens is 4. The molecular formula is C21H18ClF3N2O4S. The second kappa shape index (κ2) is 8.95. The molecule has 2 aromatic carbocycles. The normalized spacial score (nSPS) is 12.1. The van der Waals surface area contributed by atoms with Crippen LogP contribution in [0.1, 0.15) is 22.6 Å². The van der Waals surface area contributed by atoms with Gasteiger partial charge in [-0.25, -0.2) is 13.4 Å². The van der Waals surface area contributed by atoms with E-state index in [9.17, 15) is 26.4 Å². The van der Waals surface area contributed by atoms with Crippen LogP contribution in [-0.2, 0) is 26.6 Å². The van der Waals surface area contributed by atoms with E-state index in [1.54, 1.807) is 19.1 Å². The van der Waals surface area contributed by atoms with Crippen LogP contribution in [0.4, 0.5) is 18.9 Å². The molecule has 1 N–H and O–H groups in total. The first-order valence-corrected chi connectivity index (χ1v) is 11.4. The zero-order valence-electron chi connectivity index (χ0n) is 17.0. The third-order valence-electron chi connectivity index (χ3n) is 4.54. The van der Waals surface area contributed by atoms with Gasteiger partial charge in [0.15, 0.2) is 9.84 Å². The Morgan fingerprint density at radius 1 is 1.16 bits per heavy atom. The number of nitrogens with zero attached hydrogens (tertiary/aromatic N) is 1. The number of carbonyl (C=O) groups excluding carboxylic acids is 1. The molecule has 0 saturated carbocycles. The first-order valence-electron chi connectivity index (χ1n) is 9.25. The second-order valence-corrected chi connectivity index (χ2v) is 9.58. The summed E-state index contributed by atoms with van der Waals surface area (Å²) in [5.74, 6) is -2.02. The van der Waals surface area contributed by atoms with Gasteiger partial charge >= 0.3 is 6.18 Å². The van der Waals surface area contributed by atoms with Crippen molar-refractivity contribution >= 4 is 33.0 Å². The van der Waals surface area contributed by atoms with E-state index in [4.69, 9.17) is 16.0 Å². The first-order chi connectivity index (χ1) is 14.9. The van der Waals surface area contributed by atoms with Gasteiger partial charge in [0.25, 0.3) is 0 Å². The van der Waals surface area contributed by atoms with Gasteiger partial charge in [-0.1, -0.05) is 29.8 Å². The maximum absolute atomic E-state index is 12.9. The van der Waals surface area contributed by atoms with E-state index < -0.39 is 39.0 Å². The molecule has 32 heavy (non-hydrogen) atoms. The smallest absolute Gasteiger partial charge is 0.416 e. The van der Waals surface area contributed by atoms with Crippen molar-refractivity contribution in [2.45, 2.75) is 25.8 Å². The van der Waals surface area contributed by atoms with E-state index >= 15 is 0 Å². The number of sulfone groups is 1. The average Bonchev–Trinajstić information content (AvgIpc) is 3.02. The number of rotatable bonds is 6. The highest BCUT2D eigenvalue weighted by Crippen LogP contribution is 2.34. The minimum atomic E-state index is -4.64. The maximum atomic E-state index is 12.9. The van der Waals surface area contributed by atoms with Gasteiger partial charge in [0.05, 0.1) is 27.7 Å². The van der Waals surface area contributed by atoms with E-state index in [0.717, 1.165) is 17.7 Å². The molecule has 1 heterocycles. The number of hydrogen-bond acceptors (Lipinski definition) is 5. The number of amides is 1. The molecule has 1 aromatic heterocycles. The van der Waals surface area contributed by atoms with Crippen LogP contribution in [0.15, 0.2) is 46.9 Å². The largest absolute Gasteiger partial charge is 0.441 e. The summed E-state index contributed by atoms with van der Waals surface area (Å²) in [6, 6.07) is 9.65. The summed E-state index contributed by atoms with van der Waals surface area (Å²) in [5.41, 5.74) is 0.382. The lowest BCUT2D eigenvalue weighted by Crippen LogP contribution is -2.24. The Kier molecular flexibility index (Phi) is 6.66. The Morgan fingerprint density at radius 2 is 1.84 bits per heavy atom. The number of aryl methyl sites for hydroxylation is 2. The monoisotopic (exact) mass is 486 g/mol. The minimum Gasteiger partial charge on any atom is -0.441 e. The van der Waals surface area contributed by atoms with Crippen molar-refractivity contribution < 1.29 is 30.8 Å². The van der Waals surface area contributed by atoms with Gasteiger partial charge in [-0.2, -0.15) is 13.2 Å². The number of carbonyl (C=O) groups is 1. The number of anilines is 1. The van der Waals surface area contributed by atoms with Gasteiger partial charge in [-0.05, 0) is 43.7 Å². The van der Waals surface area contributed by atoms with Gasteiger partial charge in [-0.3, -0.25) is 4.79 Å². The highest BCUT2D eigenvalue weighted by atomic mass is 35.5. The Labute approximate surface area is 187 Å². The molecule has 0 aliphatic carbocycles. The summed E-state index contributed by atoms with van der Waals surface area (Å²) in [4.78, 5) is 16.5. The van der Waals surface area contributed by atoms with Crippen molar-refractivity contribution in [2.24, 2.45) is 0 Å². The van der Waals surface area contributed by atoms with Gasteiger partial charge in [0, 0.05) is 5.56 Å². The van der Waals surface area contributed by atoms with Crippen LogP contribution >= 0.6 is 11.6 Å². The molecule has 0 saturated heterocycles. The molecular weight excluding hydrogens is 469 g/mol. The number of benzene rings is 2. The molecule has 6 nitrogen and oxygen atoms in total. The van der Waals surface area contributed by atoms with Gasteiger partial charge in [0.1, 0.15) is 11.5 Å². The molecule has 0 atom stereocenters. The van der Waals surface area contributed by atoms with Crippen LogP contribution in [0.25, 0.3) is 11.5 Å². The van der Waals surface area contributed by atoms with Crippen LogP contribution in [0, 0.1) is 13.8 Å². The third kappa shape index (κ3) is 5.68. The van der Waals surface area contributed by atoms with E-state index in [0.29, 0.717) is 11.6 Å². The van der Waals surface area contributed by atoms with Crippen molar-refractivity contribution in [3.8, 4) is 11.5 Å². The summed E-state index contributed by atoms with van der Waals surface area (Å²) in [6.45, 7) is 3.41. The minimum absolute atomic E-state index is 0.146. The van der Waals surface area contributed by atoms with Crippen LogP contribution in [0.3, 0.4) is 0 Å². The number of alkyl halides is 3. The van der Waals surface area contributed by atoms with Gasteiger partial charge < -0.3 is 9.73 Å². The second-order valence-electron chi connectivity index (χ2n) is 7.11. The zero-order valence-corrected chi connectivity index (χ0v) is 18.5. The predicted octanol–water partition coefficient (Wildman–Crippen LogP) is 5.18. The fourth-order valence-corrected chi connectivity index (χ4v) is 4.36. The SMILES string of the molecule is Cc1ccccc1-c1nc(CS(=O)(=O)CC(=O)Nc2cc(C(F)(F)F)ccc2Cl)c(C)o1. The Morgan fingerprint density at radius 3 is 2.50 bits per heavy atom. The third-order valence-corrected chi connectivity index (χ3v) is 6.29. The zero-order chi connectivity index (χ0) is 23.7. The van der Waals surface area contributed by atoms with E-state index in [2.05, 4.69) is 10.3 Å². The molecule has 0 bridgehead atoms. The summed E-state index contributed by atoms with van der Waals surface area (Å²) >= 11 is 5.83. The molecule has 0 aliphatic rings. The fourth-order valence-electron chi connectivity index (χ4n) is 2.93. The van der Waals surface area contributed by atoms with Gasteiger partial charge in [-0.15, -0.1) is 0 Å². The molecule has 0 radical (unpaired) electrons.